The first-order valence-electron chi connectivity index (χ1n) is 9.15. The number of hydrogen-bond acceptors (Lipinski definition) is 5. The molecule has 2 aliphatic rings. The van der Waals surface area contributed by atoms with Crippen LogP contribution < -0.4 is 14.2 Å². The molecule has 2 aromatic carbocycles. The molecule has 2 aromatic rings. The van der Waals surface area contributed by atoms with Crippen LogP contribution in [0.1, 0.15) is 47.9 Å². The molecule has 0 unspecified atom stereocenters. The van der Waals surface area contributed by atoms with Crippen molar-refractivity contribution in [2.45, 2.75) is 44.5 Å². The summed E-state index contributed by atoms with van der Waals surface area (Å²) in [6.07, 6.45) is 0.650. The van der Waals surface area contributed by atoms with E-state index in [2.05, 4.69) is 13.8 Å². The Bertz CT molecular complexity index is 872. The number of carbonyl (C=O) groups is 1. The van der Waals surface area contributed by atoms with Gasteiger partial charge in [0.2, 0.25) is 0 Å². The zero-order chi connectivity index (χ0) is 19.2. The molecule has 0 aliphatic carbocycles. The summed E-state index contributed by atoms with van der Waals surface area (Å²) in [4.78, 5) is 13.0. The molecule has 0 aromatic heterocycles. The van der Waals surface area contributed by atoms with Gasteiger partial charge in [-0.15, -0.1) is 0 Å². The van der Waals surface area contributed by atoms with E-state index in [0.717, 1.165) is 11.1 Å². The van der Waals surface area contributed by atoms with E-state index >= 15 is 0 Å². The number of epoxide rings is 1. The zero-order valence-corrected chi connectivity index (χ0v) is 16.1. The monoisotopic (exact) mass is 368 g/mol. The van der Waals surface area contributed by atoms with Gasteiger partial charge >= 0.3 is 0 Å². The number of ether oxygens (including phenoxy) is 4. The molecule has 0 bridgehead atoms. The number of Topliss-reactive ketones (excluding diaryl/α,β-unsaturated/α-hetero) is 1. The van der Waals surface area contributed by atoms with Crippen LogP contribution in [0.2, 0.25) is 0 Å². The van der Waals surface area contributed by atoms with Gasteiger partial charge in [-0.05, 0) is 19.4 Å². The van der Waals surface area contributed by atoms with Crippen LogP contribution in [-0.4, -0.2) is 31.7 Å². The summed E-state index contributed by atoms with van der Waals surface area (Å²) in [6, 6.07) is 11.6. The Hall–Kier alpha value is -2.53. The van der Waals surface area contributed by atoms with E-state index < -0.39 is 0 Å². The third kappa shape index (κ3) is 3.16. The van der Waals surface area contributed by atoms with Crippen molar-refractivity contribution in [2.24, 2.45) is 0 Å². The van der Waals surface area contributed by atoms with Crippen molar-refractivity contribution in [3.05, 3.63) is 53.1 Å². The van der Waals surface area contributed by atoms with Crippen LogP contribution in [0, 0.1) is 0 Å². The minimum atomic E-state index is -0.324. The molecule has 0 radical (unpaired) electrons. The Labute approximate surface area is 159 Å². The van der Waals surface area contributed by atoms with Gasteiger partial charge < -0.3 is 18.9 Å². The van der Waals surface area contributed by atoms with Crippen LogP contribution in [0.15, 0.2) is 36.4 Å². The summed E-state index contributed by atoms with van der Waals surface area (Å²) in [5.74, 6) is 1.71. The largest absolute Gasteiger partial charge is 0.496 e. The number of hydrogen-bond donors (Lipinski definition) is 0. The lowest BCUT2D eigenvalue weighted by molar-refractivity contribution is 0.0841. The quantitative estimate of drug-likeness (QED) is 0.743. The number of carbonyl (C=O) groups excluding carboxylic acids is 1. The highest BCUT2D eigenvalue weighted by atomic mass is 16.6. The number of fused-ring (bicyclic) bond motifs is 1. The molecular weight excluding hydrogens is 344 g/mol. The molecule has 4 rings (SSSR count). The Morgan fingerprint density at radius 3 is 2.37 bits per heavy atom. The molecule has 142 valence electrons. The number of methoxy groups -OCH3 is 2. The lowest BCUT2D eigenvalue weighted by atomic mass is 9.91. The normalized spacial score (nSPS) is 22.6. The highest BCUT2D eigenvalue weighted by Gasteiger charge is 2.49. The summed E-state index contributed by atoms with van der Waals surface area (Å²) in [7, 11) is 3.17. The Morgan fingerprint density at radius 1 is 1.11 bits per heavy atom. The predicted molar refractivity (Wildman–Crippen MR) is 101 cm³/mol. The molecule has 5 nitrogen and oxygen atoms in total. The van der Waals surface area contributed by atoms with Gasteiger partial charge in [-0.25, -0.2) is 0 Å². The van der Waals surface area contributed by atoms with Crippen LogP contribution in [0.25, 0.3) is 0 Å². The van der Waals surface area contributed by atoms with Crippen LogP contribution in [0.5, 0.6) is 17.2 Å². The van der Waals surface area contributed by atoms with Crippen molar-refractivity contribution >= 4 is 5.78 Å². The zero-order valence-electron chi connectivity index (χ0n) is 16.1. The number of ketones is 1. The van der Waals surface area contributed by atoms with E-state index in [-0.39, 0.29) is 30.0 Å². The molecule has 0 spiro atoms. The van der Waals surface area contributed by atoms with Crippen molar-refractivity contribution in [1.29, 1.82) is 0 Å². The van der Waals surface area contributed by atoms with Gasteiger partial charge in [0.05, 0.1) is 32.3 Å². The predicted octanol–water partition coefficient (Wildman–Crippen LogP) is 4.13. The molecule has 1 saturated heterocycles. The smallest absolute Gasteiger partial charge is 0.174 e. The maximum absolute atomic E-state index is 13.0. The first-order chi connectivity index (χ1) is 12.9. The molecule has 1 fully saturated rings. The molecule has 2 aliphatic heterocycles. The topological polar surface area (TPSA) is 57.3 Å². The third-order valence-corrected chi connectivity index (χ3v) is 5.38. The van der Waals surface area contributed by atoms with Crippen molar-refractivity contribution in [1.82, 2.24) is 0 Å². The fraction of sp³-hybridized carbons (Fsp3) is 0.409. The molecule has 0 saturated carbocycles. The van der Waals surface area contributed by atoms with Gasteiger partial charge in [0, 0.05) is 18.1 Å². The second-order valence-corrected chi connectivity index (χ2v) is 7.52. The standard InChI is InChI=1S/C22H24O5/c1-22(2)19(27-22)10-14-17(24-3)12-18(25-4)20-15(23)11-16(26-21(14)20)13-8-6-5-7-9-13/h5-9,12,16,19H,10-11H2,1-4H3/t16-,19+/m0/s1. The van der Waals surface area contributed by atoms with Crippen LogP contribution in [0.4, 0.5) is 0 Å². The van der Waals surface area contributed by atoms with Crippen molar-refractivity contribution in [3.63, 3.8) is 0 Å². The first-order valence-corrected chi connectivity index (χ1v) is 9.15. The maximum Gasteiger partial charge on any atom is 0.174 e. The molecule has 27 heavy (non-hydrogen) atoms. The van der Waals surface area contributed by atoms with E-state index in [1.54, 1.807) is 20.3 Å². The Balaban J connectivity index is 1.80. The molecule has 0 N–H and O–H groups in total. The average Bonchev–Trinajstić information content (AvgIpc) is 3.28. The van der Waals surface area contributed by atoms with E-state index in [1.807, 2.05) is 30.3 Å². The van der Waals surface area contributed by atoms with Crippen molar-refractivity contribution < 1.29 is 23.7 Å². The molecule has 2 heterocycles. The summed E-state index contributed by atoms with van der Waals surface area (Å²) in [5.41, 5.74) is 2.17. The van der Waals surface area contributed by atoms with Crippen LogP contribution >= 0.6 is 0 Å². The second-order valence-electron chi connectivity index (χ2n) is 7.52. The first kappa shape index (κ1) is 17.9. The average molecular weight is 368 g/mol. The lowest BCUT2D eigenvalue weighted by Crippen LogP contribution is -2.23. The van der Waals surface area contributed by atoms with E-state index in [9.17, 15) is 4.79 Å². The number of rotatable bonds is 5. The van der Waals surface area contributed by atoms with Gasteiger partial charge in [-0.2, -0.15) is 0 Å². The molecule has 5 heteroatoms. The van der Waals surface area contributed by atoms with Crippen LogP contribution in [0.3, 0.4) is 0 Å². The van der Waals surface area contributed by atoms with E-state index in [0.29, 0.717) is 29.2 Å². The van der Waals surface area contributed by atoms with Crippen molar-refractivity contribution in [3.8, 4) is 17.2 Å². The third-order valence-electron chi connectivity index (χ3n) is 5.38. The highest BCUT2D eigenvalue weighted by Crippen LogP contribution is 2.49. The fourth-order valence-corrected chi connectivity index (χ4v) is 3.70. The molecule has 2 atom stereocenters. The summed E-state index contributed by atoms with van der Waals surface area (Å²) >= 11 is 0. The SMILES string of the molecule is COc1cc(OC)c2c(c1C[C@H]1OC1(C)C)O[C@H](c1ccccc1)CC2=O. The molecular formula is C22H24O5. The highest BCUT2D eigenvalue weighted by molar-refractivity contribution is 6.03. The second kappa shape index (κ2) is 6.57. The van der Waals surface area contributed by atoms with Gasteiger partial charge in [0.25, 0.3) is 0 Å². The minimum Gasteiger partial charge on any atom is -0.496 e. The maximum atomic E-state index is 13.0. The Kier molecular flexibility index (Phi) is 4.35. The summed E-state index contributed by atoms with van der Waals surface area (Å²) < 4.78 is 23.2. The van der Waals surface area contributed by atoms with E-state index in [1.165, 1.54) is 0 Å². The summed E-state index contributed by atoms with van der Waals surface area (Å²) in [6.45, 7) is 4.11. The van der Waals surface area contributed by atoms with Crippen molar-refractivity contribution in [2.75, 3.05) is 14.2 Å². The number of benzene rings is 2. The minimum absolute atomic E-state index is 0.0156. The summed E-state index contributed by atoms with van der Waals surface area (Å²) in [5, 5.41) is 0. The van der Waals surface area contributed by atoms with Gasteiger partial charge in [0.1, 0.15) is 28.9 Å². The molecule has 0 amide bonds. The lowest BCUT2D eigenvalue weighted by Gasteiger charge is -2.29. The fourth-order valence-electron chi connectivity index (χ4n) is 3.70. The van der Waals surface area contributed by atoms with Gasteiger partial charge in [-0.3, -0.25) is 4.79 Å². The Morgan fingerprint density at radius 2 is 1.78 bits per heavy atom. The van der Waals surface area contributed by atoms with Gasteiger partial charge in [0.15, 0.2) is 5.78 Å². The van der Waals surface area contributed by atoms with Gasteiger partial charge in [-0.1, -0.05) is 30.3 Å². The van der Waals surface area contributed by atoms with E-state index in [4.69, 9.17) is 18.9 Å². The van der Waals surface area contributed by atoms with Crippen LogP contribution in [-0.2, 0) is 11.2 Å².